The van der Waals surface area contributed by atoms with E-state index in [1.54, 1.807) is 0 Å². The molecule has 1 aromatic rings. The monoisotopic (exact) mass is 219 g/mol. The van der Waals surface area contributed by atoms with E-state index in [1.165, 1.54) is 12.1 Å². The van der Waals surface area contributed by atoms with E-state index in [2.05, 4.69) is 5.32 Å². The third-order valence-corrected chi connectivity index (χ3v) is 2.49. The van der Waals surface area contributed by atoms with E-state index in [9.17, 15) is 17.6 Å². The molecular formula is C10H9F4N. The van der Waals surface area contributed by atoms with Gasteiger partial charge in [-0.05, 0) is 29.7 Å². The van der Waals surface area contributed by atoms with Crippen LogP contribution in [0.15, 0.2) is 18.2 Å². The molecule has 2 rings (SSSR count). The lowest BCUT2D eigenvalue weighted by atomic mass is 9.94. The van der Waals surface area contributed by atoms with Gasteiger partial charge in [0, 0.05) is 6.54 Å². The van der Waals surface area contributed by atoms with Crippen molar-refractivity contribution in [1.82, 2.24) is 5.32 Å². The number of benzene rings is 1. The van der Waals surface area contributed by atoms with E-state index in [4.69, 9.17) is 0 Å². The molecule has 0 saturated carbocycles. The van der Waals surface area contributed by atoms with Crippen LogP contribution in [0, 0.1) is 5.82 Å². The molecule has 0 aromatic heterocycles. The summed E-state index contributed by atoms with van der Waals surface area (Å²) < 4.78 is 50.5. The number of fused-ring (bicyclic) bond motifs is 1. The third-order valence-electron chi connectivity index (χ3n) is 2.49. The zero-order chi connectivity index (χ0) is 11.1. The van der Waals surface area contributed by atoms with Gasteiger partial charge in [0.1, 0.15) is 11.9 Å². The van der Waals surface area contributed by atoms with Gasteiger partial charge < -0.3 is 5.32 Å². The van der Waals surface area contributed by atoms with Crippen molar-refractivity contribution in [3.63, 3.8) is 0 Å². The SMILES string of the molecule is Fc1ccc2c(c1)CCNC2C(F)(F)F. The highest BCUT2D eigenvalue weighted by molar-refractivity contribution is 5.33. The predicted octanol–water partition coefficient (Wildman–Crippen LogP) is 2.57. The average molecular weight is 219 g/mol. The first-order valence-electron chi connectivity index (χ1n) is 4.57. The van der Waals surface area contributed by atoms with Crippen molar-refractivity contribution >= 4 is 0 Å². The quantitative estimate of drug-likeness (QED) is 0.661. The summed E-state index contributed by atoms with van der Waals surface area (Å²) in [4.78, 5) is 0. The van der Waals surface area contributed by atoms with Crippen molar-refractivity contribution in [3.05, 3.63) is 35.1 Å². The smallest absolute Gasteiger partial charge is 0.302 e. The maximum Gasteiger partial charge on any atom is 0.407 e. The number of hydrogen-bond donors (Lipinski definition) is 1. The number of halogens is 4. The van der Waals surface area contributed by atoms with Crippen molar-refractivity contribution in [2.24, 2.45) is 0 Å². The maximum atomic E-state index is 12.8. The Balaban J connectivity index is 2.43. The normalized spacial score (nSPS) is 21.2. The third kappa shape index (κ3) is 1.97. The van der Waals surface area contributed by atoms with Crippen LogP contribution in [0.2, 0.25) is 0 Å². The highest BCUT2D eigenvalue weighted by Gasteiger charge is 2.42. The molecule has 1 unspecified atom stereocenters. The zero-order valence-corrected chi connectivity index (χ0v) is 7.74. The lowest BCUT2D eigenvalue weighted by Gasteiger charge is -2.28. The van der Waals surface area contributed by atoms with Gasteiger partial charge in [0.15, 0.2) is 0 Å². The van der Waals surface area contributed by atoms with Crippen LogP contribution >= 0.6 is 0 Å². The predicted molar refractivity (Wildman–Crippen MR) is 46.9 cm³/mol. The molecule has 0 amide bonds. The fraction of sp³-hybridized carbons (Fsp3) is 0.400. The van der Waals surface area contributed by atoms with Gasteiger partial charge in [0.05, 0.1) is 0 Å². The molecule has 0 bridgehead atoms. The Kier molecular flexibility index (Phi) is 2.42. The number of hydrogen-bond acceptors (Lipinski definition) is 1. The summed E-state index contributed by atoms with van der Waals surface area (Å²) in [5.41, 5.74) is 0.575. The lowest BCUT2D eigenvalue weighted by Crippen LogP contribution is -2.39. The molecule has 0 fully saturated rings. The van der Waals surface area contributed by atoms with Gasteiger partial charge in [-0.2, -0.15) is 13.2 Å². The van der Waals surface area contributed by atoms with Crippen molar-refractivity contribution < 1.29 is 17.6 Å². The van der Waals surface area contributed by atoms with Crippen LogP contribution in [0.3, 0.4) is 0 Å². The first kappa shape index (κ1) is 10.4. The first-order chi connectivity index (χ1) is 6.98. The summed E-state index contributed by atoms with van der Waals surface area (Å²) in [6.45, 7) is 0.223. The van der Waals surface area contributed by atoms with Crippen LogP contribution in [0.1, 0.15) is 17.2 Å². The Hall–Kier alpha value is -1.10. The minimum atomic E-state index is -4.33. The van der Waals surface area contributed by atoms with E-state index >= 15 is 0 Å². The van der Waals surface area contributed by atoms with Crippen LogP contribution in [0.5, 0.6) is 0 Å². The summed E-state index contributed by atoms with van der Waals surface area (Å²) in [6.07, 6.45) is -3.90. The van der Waals surface area contributed by atoms with Crippen LogP contribution in [0.25, 0.3) is 0 Å². The lowest BCUT2D eigenvalue weighted by molar-refractivity contribution is -0.158. The van der Waals surface area contributed by atoms with E-state index in [0.29, 0.717) is 12.0 Å². The molecule has 0 spiro atoms. The highest BCUT2D eigenvalue weighted by Crippen LogP contribution is 2.36. The molecular weight excluding hydrogens is 210 g/mol. The van der Waals surface area contributed by atoms with Crippen LogP contribution < -0.4 is 5.32 Å². The summed E-state index contributed by atoms with van der Waals surface area (Å²) in [5, 5.41) is 2.39. The first-order valence-corrected chi connectivity index (χ1v) is 4.57. The molecule has 1 aliphatic rings. The second-order valence-corrected chi connectivity index (χ2v) is 3.52. The molecule has 0 saturated heterocycles. The molecule has 5 heteroatoms. The topological polar surface area (TPSA) is 12.0 Å². The highest BCUT2D eigenvalue weighted by atomic mass is 19.4. The van der Waals surface area contributed by atoms with Crippen molar-refractivity contribution in [1.29, 1.82) is 0 Å². The van der Waals surface area contributed by atoms with Crippen molar-refractivity contribution in [3.8, 4) is 0 Å². The van der Waals surface area contributed by atoms with E-state index in [1.807, 2.05) is 0 Å². The van der Waals surface area contributed by atoms with Crippen LogP contribution in [-0.4, -0.2) is 12.7 Å². The van der Waals surface area contributed by atoms with Crippen LogP contribution in [0.4, 0.5) is 17.6 Å². The molecule has 0 radical (unpaired) electrons. The molecule has 1 aromatic carbocycles. The van der Waals surface area contributed by atoms with E-state index in [-0.39, 0.29) is 12.1 Å². The number of rotatable bonds is 0. The minimum absolute atomic E-state index is 0.134. The van der Waals surface area contributed by atoms with Gasteiger partial charge in [-0.15, -0.1) is 0 Å². The van der Waals surface area contributed by atoms with Gasteiger partial charge >= 0.3 is 6.18 Å². The Morgan fingerprint density at radius 2 is 2.00 bits per heavy atom. The zero-order valence-electron chi connectivity index (χ0n) is 7.74. The maximum absolute atomic E-state index is 12.8. The number of nitrogens with one attached hydrogen (secondary N) is 1. The van der Waals surface area contributed by atoms with Crippen molar-refractivity contribution in [2.75, 3.05) is 6.54 Å². The Labute approximate surface area is 84.1 Å². The summed E-state index contributed by atoms with van der Waals surface area (Å²) >= 11 is 0. The summed E-state index contributed by atoms with van der Waals surface area (Å²) in [7, 11) is 0. The average Bonchev–Trinajstić information content (AvgIpc) is 2.15. The molecule has 1 nitrogen and oxygen atoms in total. The Morgan fingerprint density at radius 1 is 1.27 bits per heavy atom. The Bertz CT molecular complexity index is 372. The minimum Gasteiger partial charge on any atom is -0.302 e. The van der Waals surface area contributed by atoms with Crippen LogP contribution in [-0.2, 0) is 6.42 Å². The molecule has 1 aliphatic heterocycles. The Morgan fingerprint density at radius 3 is 2.67 bits per heavy atom. The molecule has 0 aliphatic carbocycles. The summed E-state index contributed by atoms with van der Waals surface area (Å²) in [5.74, 6) is -0.489. The second-order valence-electron chi connectivity index (χ2n) is 3.52. The fourth-order valence-corrected chi connectivity index (χ4v) is 1.83. The molecule has 15 heavy (non-hydrogen) atoms. The van der Waals surface area contributed by atoms with Gasteiger partial charge in [-0.3, -0.25) is 0 Å². The van der Waals surface area contributed by atoms with Gasteiger partial charge in [0.25, 0.3) is 0 Å². The van der Waals surface area contributed by atoms with Gasteiger partial charge in [-0.1, -0.05) is 6.07 Å². The summed E-state index contributed by atoms with van der Waals surface area (Å²) in [6, 6.07) is 1.77. The van der Waals surface area contributed by atoms with Crippen molar-refractivity contribution in [2.45, 2.75) is 18.6 Å². The van der Waals surface area contributed by atoms with Gasteiger partial charge in [0.2, 0.25) is 0 Å². The van der Waals surface area contributed by atoms with E-state index in [0.717, 1.165) is 6.07 Å². The molecule has 82 valence electrons. The standard InChI is InChI=1S/C10H9F4N/c11-7-1-2-8-6(5-7)3-4-15-9(8)10(12,13)14/h1-2,5,9,15H,3-4H2. The molecule has 1 atom stereocenters. The molecule has 1 heterocycles. The van der Waals surface area contributed by atoms with Gasteiger partial charge in [-0.25, -0.2) is 4.39 Å². The second kappa shape index (κ2) is 3.48. The largest absolute Gasteiger partial charge is 0.407 e. The molecule has 1 N–H and O–H groups in total. The fourth-order valence-electron chi connectivity index (χ4n) is 1.83. The van der Waals surface area contributed by atoms with E-state index < -0.39 is 18.0 Å². The number of alkyl halides is 3.